The van der Waals surface area contributed by atoms with Crippen molar-refractivity contribution in [1.82, 2.24) is 20.4 Å². The maximum absolute atomic E-state index is 5.93. The molecule has 1 aromatic rings. The van der Waals surface area contributed by atoms with Gasteiger partial charge in [0.2, 0.25) is 0 Å². The summed E-state index contributed by atoms with van der Waals surface area (Å²) in [6.45, 7) is 14.3. The fraction of sp³-hybridized carbons (Fsp3) is 0.667. The van der Waals surface area contributed by atoms with Crippen LogP contribution in [0, 0.1) is 0 Å². The van der Waals surface area contributed by atoms with Crippen molar-refractivity contribution in [2.45, 2.75) is 31.6 Å². The van der Waals surface area contributed by atoms with E-state index in [1.54, 1.807) is 0 Å². The Morgan fingerprint density at radius 3 is 2.43 bits per heavy atom. The monoisotopic (exact) mass is 425 g/mol. The van der Waals surface area contributed by atoms with Gasteiger partial charge in [-0.05, 0) is 57.1 Å². The van der Waals surface area contributed by atoms with Crippen molar-refractivity contribution < 1.29 is 0 Å². The normalized spacial score (nSPS) is 16.3. The molecule has 0 spiro atoms. The molecule has 28 heavy (non-hydrogen) atoms. The van der Waals surface area contributed by atoms with E-state index in [0.29, 0.717) is 0 Å². The Morgan fingerprint density at radius 1 is 1.04 bits per heavy atom. The van der Waals surface area contributed by atoms with Gasteiger partial charge in [0.15, 0.2) is 5.96 Å². The summed E-state index contributed by atoms with van der Waals surface area (Å²) in [4.78, 5) is 11.1. The molecular formula is C21H36ClN5S. The molecule has 1 aromatic carbocycles. The third kappa shape index (κ3) is 9.50. The lowest BCUT2D eigenvalue weighted by atomic mass is 10.2. The number of hydrogen-bond donors (Lipinski definition) is 2. The first-order chi connectivity index (χ1) is 13.7. The van der Waals surface area contributed by atoms with E-state index in [1.807, 2.05) is 23.9 Å². The lowest BCUT2D eigenvalue weighted by Gasteiger charge is -2.33. The van der Waals surface area contributed by atoms with Gasteiger partial charge in [-0.15, -0.1) is 11.8 Å². The number of benzene rings is 1. The first kappa shape index (κ1) is 23.3. The molecule has 1 heterocycles. The summed E-state index contributed by atoms with van der Waals surface area (Å²) >= 11 is 7.75. The molecule has 0 radical (unpaired) electrons. The molecule has 0 unspecified atom stereocenters. The molecule has 0 aliphatic carbocycles. The second kappa shape index (κ2) is 14.1. The van der Waals surface area contributed by atoms with Crippen molar-refractivity contribution in [2.24, 2.45) is 4.99 Å². The van der Waals surface area contributed by atoms with Crippen LogP contribution in [0.4, 0.5) is 0 Å². The van der Waals surface area contributed by atoms with Gasteiger partial charge < -0.3 is 20.4 Å². The number of aliphatic imine (C=N–C) groups is 1. The van der Waals surface area contributed by atoms with Crippen molar-refractivity contribution in [3.63, 3.8) is 0 Å². The lowest BCUT2D eigenvalue weighted by molar-refractivity contribution is 0.136. The predicted octanol–water partition coefficient (Wildman–Crippen LogP) is 3.40. The third-order valence-electron chi connectivity index (χ3n) is 4.89. The summed E-state index contributed by atoms with van der Waals surface area (Å²) < 4.78 is 0. The maximum Gasteiger partial charge on any atom is 0.191 e. The average molecular weight is 426 g/mol. The summed E-state index contributed by atoms with van der Waals surface area (Å²) in [5.74, 6) is 1.92. The van der Waals surface area contributed by atoms with E-state index < -0.39 is 0 Å². The molecule has 1 fully saturated rings. The molecule has 158 valence electrons. The van der Waals surface area contributed by atoms with Gasteiger partial charge in [0, 0.05) is 61.5 Å². The number of halogens is 1. The van der Waals surface area contributed by atoms with Crippen LogP contribution in [0.15, 0.2) is 34.2 Å². The largest absolute Gasteiger partial charge is 0.357 e. The Balaban J connectivity index is 1.57. The van der Waals surface area contributed by atoms with Gasteiger partial charge in [-0.2, -0.15) is 0 Å². The average Bonchev–Trinajstić information content (AvgIpc) is 2.72. The highest BCUT2D eigenvalue weighted by Gasteiger charge is 2.14. The summed E-state index contributed by atoms with van der Waals surface area (Å²) in [7, 11) is 0. The van der Waals surface area contributed by atoms with E-state index in [4.69, 9.17) is 16.6 Å². The van der Waals surface area contributed by atoms with Crippen molar-refractivity contribution in [3.8, 4) is 0 Å². The minimum atomic E-state index is 0.784. The topological polar surface area (TPSA) is 42.9 Å². The number of rotatable bonds is 11. The summed E-state index contributed by atoms with van der Waals surface area (Å²) in [5, 5.41) is 7.55. The molecule has 0 amide bonds. The number of nitrogens with one attached hydrogen (secondary N) is 2. The van der Waals surface area contributed by atoms with Gasteiger partial charge in [0.05, 0.1) is 0 Å². The highest BCUT2D eigenvalue weighted by atomic mass is 35.5. The Morgan fingerprint density at radius 2 is 1.75 bits per heavy atom. The van der Waals surface area contributed by atoms with Gasteiger partial charge in [-0.1, -0.05) is 18.5 Å². The third-order valence-corrected chi connectivity index (χ3v) is 6.15. The van der Waals surface area contributed by atoms with E-state index in [1.165, 1.54) is 50.6 Å². The van der Waals surface area contributed by atoms with Crippen LogP contribution in [0.2, 0.25) is 5.02 Å². The molecule has 1 aliphatic rings. The van der Waals surface area contributed by atoms with E-state index in [9.17, 15) is 0 Å². The van der Waals surface area contributed by atoms with Gasteiger partial charge in [-0.3, -0.25) is 4.99 Å². The molecule has 0 saturated carbocycles. The molecule has 5 nitrogen and oxygen atoms in total. The number of hydrogen-bond acceptors (Lipinski definition) is 4. The molecular weight excluding hydrogens is 390 g/mol. The van der Waals surface area contributed by atoms with Crippen LogP contribution in [0.1, 0.15) is 26.7 Å². The van der Waals surface area contributed by atoms with Crippen LogP contribution in [0.5, 0.6) is 0 Å². The molecule has 0 bridgehead atoms. The molecule has 2 N–H and O–H groups in total. The number of nitrogens with zero attached hydrogens (tertiary/aromatic N) is 3. The Bertz CT molecular complexity index is 558. The standard InChI is InChI=1S/C21H36ClN5S/c1-3-23-21(25-12-18-28-20-9-7-19(22)8-10-20)24-11-5-6-13-27-16-14-26(4-2)15-17-27/h7-10H,3-6,11-18H2,1-2H3,(H2,23,24,25). The Labute approximate surface area is 180 Å². The summed E-state index contributed by atoms with van der Waals surface area (Å²) in [6, 6.07) is 8.00. The minimum Gasteiger partial charge on any atom is -0.357 e. The zero-order valence-electron chi connectivity index (χ0n) is 17.4. The van der Waals surface area contributed by atoms with Crippen LogP contribution >= 0.6 is 23.4 Å². The van der Waals surface area contributed by atoms with Gasteiger partial charge in [-0.25, -0.2) is 0 Å². The van der Waals surface area contributed by atoms with E-state index in [2.05, 4.69) is 46.4 Å². The van der Waals surface area contributed by atoms with Crippen LogP contribution in [-0.2, 0) is 0 Å². The van der Waals surface area contributed by atoms with Crippen molar-refractivity contribution >= 4 is 29.3 Å². The maximum atomic E-state index is 5.93. The van der Waals surface area contributed by atoms with E-state index in [0.717, 1.165) is 42.8 Å². The number of piperazine rings is 1. The quantitative estimate of drug-likeness (QED) is 0.246. The highest BCUT2D eigenvalue weighted by molar-refractivity contribution is 7.99. The van der Waals surface area contributed by atoms with Gasteiger partial charge in [0.1, 0.15) is 0 Å². The summed E-state index contributed by atoms with van der Waals surface area (Å²) in [6.07, 6.45) is 2.37. The fourth-order valence-corrected chi connectivity index (χ4v) is 4.07. The van der Waals surface area contributed by atoms with Crippen molar-refractivity contribution in [1.29, 1.82) is 0 Å². The number of guanidine groups is 1. The van der Waals surface area contributed by atoms with E-state index >= 15 is 0 Å². The van der Waals surface area contributed by atoms with Crippen LogP contribution in [-0.4, -0.2) is 80.4 Å². The fourth-order valence-electron chi connectivity index (χ4n) is 3.18. The summed E-state index contributed by atoms with van der Waals surface area (Å²) in [5.41, 5.74) is 0. The predicted molar refractivity (Wildman–Crippen MR) is 124 cm³/mol. The molecule has 2 rings (SSSR count). The molecule has 0 aromatic heterocycles. The second-order valence-electron chi connectivity index (χ2n) is 6.97. The number of likely N-dealkylation sites (N-methyl/N-ethyl adjacent to an activating group) is 1. The first-order valence-electron chi connectivity index (χ1n) is 10.6. The zero-order chi connectivity index (χ0) is 20.0. The zero-order valence-corrected chi connectivity index (χ0v) is 19.0. The molecule has 7 heteroatoms. The first-order valence-corrected chi connectivity index (χ1v) is 11.9. The Hall–Kier alpha value is -0.950. The minimum absolute atomic E-state index is 0.784. The van der Waals surface area contributed by atoms with Crippen LogP contribution < -0.4 is 10.6 Å². The lowest BCUT2D eigenvalue weighted by Crippen LogP contribution is -2.46. The van der Waals surface area contributed by atoms with Gasteiger partial charge in [0.25, 0.3) is 0 Å². The number of unbranched alkanes of at least 4 members (excludes halogenated alkanes) is 1. The molecule has 0 atom stereocenters. The van der Waals surface area contributed by atoms with Gasteiger partial charge >= 0.3 is 0 Å². The van der Waals surface area contributed by atoms with Crippen LogP contribution in [0.25, 0.3) is 0 Å². The Kier molecular flexibility index (Phi) is 11.7. The molecule has 1 aliphatic heterocycles. The second-order valence-corrected chi connectivity index (χ2v) is 8.58. The molecule has 1 saturated heterocycles. The number of thioether (sulfide) groups is 1. The van der Waals surface area contributed by atoms with Crippen LogP contribution in [0.3, 0.4) is 0 Å². The van der Waals surface area contributed by atoms with Crippen molar-refractivity contribution in [3.05, 3.63) is 29.3 Å². The smallest absolute Gasteiger partial charge is 0.191 e. The van der Waals surface area contributed by atoms with E-state index in [-0.39, 0.29) is 0 Å². The SMILES string of the molecule is CCNC(=NCCCCN1CCN(CC)CC1)NCCSc1ccc(Cl)cc1. The van der Waals surface area contributed by atoms with Crippen molar-refractivity contribution in [2.75, 3.05) is 64.7 Å². The highest BCUT2D eigenvalue weighted by Crippen LogP contribution is 2.19.